The zero-order valence-corrected chi connectivity index (χ0v) is 15.8. The molecule has 2 heterocycles. The maximum Gasteiger partial charge on any atom is 0.341 e. The molecule has 0 radical (unpaired) electrons. The first kappa shape index (κ1) is 18.5. The summed E-state index contributed by atoms with van der Waals surface area (Å²) in [5.41, 5.74) is 0.417. The smallest absolute Gasteiger partial charge is 0.341 e. The number of thiophene rings is 1. The van der Waals surface area contributed by atoms with Crippen LogP contribution in [0.1, 0.15) is 41.9 Å². The fourth-order valence-corrected chi connectivity index (χ4v) is 3.73. The third-order valence-electron chi connectivity index (χ3n) is 3.18. The van der Waals surface area contributed by atoms with Crippen LogP contribution in [-0.4, -0.2) is 33.8 Å². The van der Waals surface area contributed by atoms with Crippen molar-refractivity contribution >= 4 is 40.0 Å². The van der Waals surface area contributed by atoms with Gasteiger partial charge in [0, 0.05) is 24.3 Å². The summed E-state index contributed by atoms with van der Waals surface area (Å²) in [5, 5.41) is 4.14. The quantitative estimate of drug-likeness (QED) is 0.599. The monoisotopic (exact) mass is 367 g/mol. The number of ether oxygens (including phenoxy) is 1. The Morgan fingerprint density at radius 2 is 2.21 bits per heavy atom. The molecule has 0 aromatic carbocycles. The minimum Gasteiger partial charge on any atom is -0.462 e. The molecule has 6 nitrogen and oxygen atoms in total. The molecule has 0 aliphatic rings. The van der Waals surface area contributed by atoms with Crippen molar-refractivity contribution in [3.8, 4) is 0 Å². The molecule has 0 aliphatic heterocycles. The summed E-state index contributed by atoms with van der Waals surface area (Å²) in [6.07, 6.45) is 3.51. The number of hydrogen-bond donors (Lipinski definition) is 1. The van der Waals surface area contributed by atoms with Gasteiger partial charge in [-0.2, -0.15) is 0 Å². The fourth-order valence-electron chi connectivity index (χ4n) is 1.93. The van der Waals surface area contributed by atoms with Gasteiger partial charge < -0.3 is 14.6 Å². The molecule has 2 aromatic heterocycles. The number of aromatic nitrogens is 2. The van der Waals surface area contributed by atoms with Crippen molar-refractivity contribution < 1.29 is 14.3 Å². The average Bonchev–Trinajstić information content (AvgIpc) is 3.12. The molecule has 0 atom stereocenters. The number of imidazole rings is 1. The summed E-state index contributed by atoms with van der Waals surface area (Å²) < 4.78 is 6.93. The number of esters is 1. The van der Waals surface area contributed by atoms with Gasteiger partial charge in [-0.05, 0) is 18.9 Å². The van der Waals surface area contributed by atoms with E-state index in [1.54, 1.807) is 19.2 Å². The summed E-state index contributed by atoms with van der Waals surface area (Å²) >= 11 is 2.76. The second-order valence-corrected chi connectivity index (χ2v) is 7.45. The van der Waals surface area contributed by atoms with Gasteiger partial charge in [-0.25, -0.2) is 9.78 Å². The zero-order chi connectivity index (χ0) is 17.7. The summed E-state index contributed by atoms with van der Waals surface area (Å²) in [7, 11) is 1.88. The zero-order valence-electron chi connectivity index (χ0n) is 14.2. The van der Waals surface area contributed by atoms with E-state index in [9.17, 15) is 9.59 Å². The van der Waals surface area contributed by atoms with Crippen LogP contribution in [0.25, 0.3) is 0 Å². The van der Waals surface area contributed by atoms with Crippen LogP contribution in [0.4, 0.5) is 5.00 Å². The number of anilines is 1. The van der Waals surface area contributed by atoms with E-state index in [0.29, 0.717) is 17.2 Å². The predicted octanol–water partition coefficient (Wildman–Crippen LogP) is 3.51. The van der Waals surface area contributed by atoms with Crippen LogP contribution in [0.2, 0.25) is 0 Å². The molecule has 24 heavy (non-hydrogen) atoms. The fraction of sp³-hybridized carbons (Fsp3) is 0.438. The molecular weight excluding hydrogens is 346 g/mol. The van der Waals surface area contributed by atoms with Gasteiger partial charge in [0.25, 0.3) is 0 Å². The van der Waals surface area contributed by atoms with E-state index >= 15 is 0 Å². The lowest BCUT2D eigenvalue weighted by molar-refractivity contribution is -0.113. The molecule has 2 aromatic rings. The lowest BCUT2D eigenvalue weighted by Crippen LogP contribution is -2.16. The molecule has 1 N–H and O–H groups in total. The third-order valence-corrected chi connectivity index (χ3v) is 5.59. The number of amides is 1. The Morgan fingerprint density at radius 1 is 1.46 bits per heavy atom. The van der Waals surface area contributed by atoms with Crippen LogP contribution in [0.5, 0.6) is 0 Å². The highest BCUT2D eigenvalue weighted by molar-refractivity contribution is 7.99. The first-order valence-corrected chi connectivity index (χ1v) is 9.43. The molecule has 0 fully saturated rings. The van der Waals surface area contributed by atoms with Crippen molar-refractivity contribution in [2.75, 3.05) is 17.7 Å². The van der Waals surface area contributed by atoms with E-state index in [4.69, 9.17) is 4.74 Å². The minimum absolute atomic E-state index is 0.175. The van der Waals surface area contributed by atoms with E-state index < -0.39 is 5.97 Å². The van der Waals surface area contributed by atoms with Gasteiger partial charge >= 0.3 is 5.97 Å². The maximum absolute atomic E-state index is 12.2. The SMILES string of the molecule is CCOC(=O)c1cc(C(C)C)sc1NC(=O)CSc1nccn1C. The molecule has 130 valence electrons. The number of rotatable bonds is 7. The van der Waals surface area contributed by atoms with Crippen LogP contribution >= 0.6 is 23.1 Å². The Kier molecular flexibility index (Phi) is 6.44. The molecule has 0 aliphatic carbocycles. The summed E-state index contributed by atoms with van der Waals surface area (Å²) in [6.45, 7) is 6.15. The molecule has 8 heteroatoms. The Balaban J connectivity index is 2.08. The average molecular weight is 367 g/mol. The maximum atomic E-state index is 12.2. The highest BCUT2D eigenvalue weighted by Crippen LogP contribution is 2.33. The van der Waals surface area contributed by atoms with Crippen LogP contribution in [0.3, 0.4) is 0 Å². The van der Waals surface area contributed by atoms with E-state index in [1.165, 1.54) is 23.1 Å². The van der Waals surface area contributed by atoms with Crippen molar-refractivity contribution in [1.29, 1.82) is 0 Å². The number of nitrogens with zero attached hydrogens (tertiary/aromatic N) is 2. The Bertz CT molecular complexity index is 722. The van der Waals surface area contributed by atoms with Crippen LogP contribution in [0, 0.1) is 0 Å². The molecule has 0 unspecified atom stereocenters. The lowest BCUT2D eigenvalue weighted by atomic mass is 10.1. The van der Waals surface area contributed by atoms with Gasteiger partial charge in [0.1, 0.15) is 5.00 Å². The van der Waals surface area contributed by atoms with E-state index in [1.807, 2.05) is 31.7 Å². The molecule has 0 saturated heterocycles. The van der Waals surface area contributed by atoms with Crippen LogP contribution in [-0.2, 0) is 16.6 Å². The van der Waals surface area contributed by atoms with Crippen LogP contribution in [0.15, 0.2) is 23.6 Å². The van der Waals surface area contributed by atoms with E-state index in [2.05, 4.69) is 10.3 Å². The van der Waals surface area contributed by atoms with E-state index in [-0.39, 0.29) is 17.6 Å². The van der Waals surface area contributed by atoms with Crippen molar-refractivity contribution in [2.24, 2.45) is 7.05 Å². The third kappa shape index (κ3) is 4.61. The van der Waals surface area contributed by atoms with Gasteiger partial charge in [-0.3, -0.25) is 4.79 Å². The second kappa shape index (κ2) is 8.34. The summed E-state index contributed by atoms with van der Waals surface area (Å²) in [5.74, 6) is -0.0867. The molecule has 2 rings (SSSR count). The largest absolute Gasteiger partial charge is 0.462 e. The van der Waals surface area contributed by atoms with Gasteiger partial charge in [0.15, 0.2) is 5.16 Å². The summed E-state index contributed by atoms with van der Waals surface area (Å²) in [4.78, 5) is 29.5. The normalized spacial score (nSPS) is 10.9. The van der Waals surface area contributed by atoms with Crippen molar-refractivity contribution in [2.45, 2.75) is 31.8 Å². The number of carbonyl (C=O) groups excluding carboxylic acids is 2. The van der Waals surface area contributed by atoms with Gasteiger partial charge in [0.05, 0.1) is 17.9 Å². The number of hydrogen-bond acceptors (Lipinski definition) is 6. The first-order valence-electron chi connectivity index (χ1n) is 7.63. The standard InChI is InChI=1S/C16H21N3O3S2/c1-5-22-15(21)11-8-12(10(2)3)24-14(11)18-13(20)9-23-16-17-6-7-19(16)4/h6-8,10H,5,9H2,1-4H3,(H,18,20). The molecule has 0 saturated carbocycles. The molecular formula is C16H21N3O3S2. The molecule has 1 amide bonds. The summed E-state index contributed by atoms with van der Waals surface area (Å²) in [6, 6.07) is 1.80. The van der Waals surface area contributed by atoms with Crippen molar-refractivity contribution in [1.82, 2.24) is 9.55 Å². The highest BCUT2D eigenvalue weighted by Gasteiger charge is 2.20. The molecule has 0 bridgehead atoms. The van der Waals surface area contributed by atoms with Gasteiger partial charge in [-0.1, -0.05) is 25.6 Å². The second-order valence-electron chi connectivity index (χ2n) is 5.42. The Labute approximate surface area is 149 Å². The first-order chi connectivity index (χ1) is 11.4. The number of carbonyl (C=O) groups is 2. The van der Waals surface area contributed by atoms with Crippen molar-refractivity contribution in [3.63, 3.8) is 0 Å². The van der Waals surface area contributed by atoms with Crippen LogP contribution < -0.4 is 5.32 Å². The number of nitrogens with one attached hydrogen (secondary N) is 1. The molecule has 0 spiro atoms. The predicted molar refractivity (Wildman–Crippen MR) is 96.9 cm³/mol. The Morgan fingerprint density at radius 3 is 2.79 bits per heavy atom. The van der Waals surface area contributed by atoms with Gasteiger partial charge in [0.2, 0.25) is 5.91 Å². The number of aryl methyl sites for hydroxylation is 1. The van der Waals surface area contributed by atoms with Crippen molar-refractivity contribution in [3.05, 3.63) is 28.9 Å². The highest BCUT2D eigenvalue weighted by atomic mass is 32.2. The lowest BCUT2D eigenvalue weighted by Gasteiger charge is -2.06. The van der Waals surface area contributed by atoms with Gasteiger partial charge in [-0.15, -0.1) is 11.3 Å². The Hall–Kier alpha value is -1.80. The minimum atomic E-state index is -0.410. The number of thioether (sulfide) groups is 1. The van der Waals surface area contributed by atoms with E-state index in [0.717, 1.165) is 10.0 Å². The topological polar surface area (TPSA) is 73.2 Å².